The molecule has 0 aliphatic carbocycles. The van der Waals surface area contributed by atoms with Gasteiger partial charge in [-0.2, -0.15) is 0 Å². The van der Waals surface area contributed by atoms with E-state index < -0.39 is 17.3 Å². The van der Waals surface area contributed by atoms with Crippen molar-refractivity contribution >= 4 is 28.5 Å². The van der Waals surface area contributed by atoms with E-state index in [0.717, 1.165) is 0 Å². The minimum atomic E-state index is -0.555. The lowest BCUT2D eigenvalue weighted by Gasteiger charge is -2.26. The number of phenols is 2. The molecule has 0 fully saturated rings. The predicted octanol–water partition coefficient (Wildman–Crippen LogP) is 4.97. The van der Waals surface area contributed by atoms with Crippen molar-refractivity contribution in [1.29, 1.82) is 0 Å². The molecule has 0 saturated carbocycles. The van der Waals surface area contributed by atoms with E-state index in [1.807, 2.05) is 0 Å². The van der Waals surface area contributed by atoms with Crippen molar-refractivity contribution in [3.05, 3.63) is 81.0 Å². The SMILES string of the molecule is COc1ccc(-c2cc(=O)c3c(O)cc4c(c3o2)C(c2ccccc2Cl)CC(=O)O4)cc1O. The van der Waals surface area contributed by atoms with Crippen LogP contribution in [-0.4, -0.2) is 23.3 Å². The normalized spacial score (nSPS) is 15.2. The smallest absolute Gasteiger partial charge is 0.312 e. The first kappa shape index (κ1) is 20.9. The zero-order valence-electron chi connectivity index (χ0n) is 17.3. The number of carbonyl (C=O) groups excluding carboxylic acids is 1. The largest absolute Gasteiger partial charge is 0.507 e. The molecule has 166 valence electrons. The molecule has 0 spiro atoms. The summed E-state index contributed by atoms with van der Waals surface area (Å²) < 4.78 is 16.6. The van der Waals surface area contributed by atoms with Crippen LogP contribution in [0.1, 0.15) is 23.5 Å². The quantitative estimate of drug-likeness (QED) is 0.325. The Hall–Kier alpha value is -3.97. The van der Waals surface area contributed by atoms with Crippen LogP contribution in [0.15, 0.2) is 63.8 Å². The summed E-state index contributed by atoms with van der Waals surface area (Å²) in [4.78, 5) is 25.4. The van der Waals surface area contributed by atoms with Crippen molar-refractivity contribution in [3.8, 4) is 34.3 Å². The molecule has 0 bridgehead atoms. The lowest BCUT2D eigenvalue weighted by molar-refractivity contribution is -0.135. The average molecular weight is 465 g/mol. The Balaban J connectivity index is 1.81. The van der Waals surface area contributed by atoms with E-state index >= 15 is 0 Å². The van der Waals surface area contributed by atoms with Crippen LogP contribution in [0.5, 0.6) is 23.0 Å². The molecule has 0 saturated heterocycles. The van der Waals surface area contributed by atoms with Gasteiger partial charge in [-0.25, -0.2) is 0 Å². The second-order valence-corrected chi connectivity index (χ2v) is 8.03. The molecule has 1 unspecified atom stereocenters. The summed E-state index contributed by atoms with van der Waals surface area (Å²) >= 11 is 6.43. The fourth-order valence-corrected chi connectivity index (χ4v) is 4.44. The summed E-state index contributed by atoms with van der Waals surface area (Å²) in [6.45, 7) is 0. The van der Waals surface area contributed by atoms with Crippen molar-refractivity contribution in [2.75, 3.05) is 7.11 Å². The number of aromatic hydroxyl groups is 2. The van der Waals surface area contributed by atoms with Gasteiger partial charge in [-0.05, 0) is 29.8 Å². The summed E-state index contributed by atoms with van der Waals surface area (Å²) in [5.41, 5.74) is 1.12. The fourth-order valence-electron chi connectivity index (χ4n) is 4.17. The molecule has 0 amide bonds. The Labute approximate surface area is 192 Å². The van der Waals surface area contributed by atoms with E-state index in [1.165, 1.54) is 25.3 Å². The molecule has 5 rings (SSSR count). The van der Waals surface area contributed by atoms with Gasteiger partial charge in [0.2, 0.25) is 0 Å². The average Bonchev–Trinajstić information content (AvgIpc) is 2.78. The third-order valence-electron chi connectivity index (χ3n) is 5.67. The van der Waals surface area contributed by atoms with Gasteiger partial charge in [0, 0.05) is 34.2 Å². The van der Waals surface area contributed by atoms with Crippen LogP contribution >= 0.6 is 11.6 Å². The maximum absolute atomic E-state index is 13.0. The Morgan fingerprint density at radius 1 is 1.03 bits per heavy atom. The molecule has 0 radical (unpaired) electrons. The standard InChI is InChI=1S/C25H17ClO7/c1-31-19-7-6-12(8-16(19)27)20-10-17(28)24-18(29)11-21-23(25(24)33-20)14(9-22(30)32-21)13-4-2-3-5-15(13)26/h2-8,10-11,14,27,29H,9H2,1H3. The van der Waals surface area contributed by atoms with Crippen molar-refractivity contribution in [2.45, 2.75) is 12.3 Å². The number of phenolic OH excluding ortho intramolecular Hbond substituents is 2. The summed E-state index contributed by atoms with van der Waals surface area (Å²) in [7, 11) is 1.43. The highest BCUT2D eigenvalue weighted by Gasteiger charge is 2.34. The molecule has 7 nitrogen and oxygen atoms in total. The van der Waals surface area contributed by atoms with Gasteiger partial charge in [-0.3, -0.25) is 9.59 Å². The molecular formula is C25H17ClO7. The van der Waals surface area contributed by atoms with Crippen LogP contribution in [0.3, 0.4) is 0 Å². The topological polar surface area (TPSA) is 106 Å². The van der Waals surface area contributed by atoms with E-state index in [2.05, 4.69) is 0 Å². The number of fused-ring (bicyclic) bond motifs is 3. The van der Waals surface area contributed by atoms with Gasteiger partial charge in [0.25, 0.3) is 0 Å². The van der Waals surface area contributed by atoms with Gasteiger partial charge in [-0.15, -0.1) is 0 Å². The van der Waals surface area contributed by atoms with Crippen molar-refractivity contribution in [3.63, 3.8) is 0 Å². The highest BCUT2D eigenvalue weighted by atomic mass is 35.5. The molecule has 2 N–H and O–H groups in total. The fraction of sp³-hybridized carbons (Fsp3) is 0.120. The van der Waals surface area contributed by atoms with Crippen LogP contribution in [0.2, 0.25) is 5.02 Å². The number of methoxy groups -OCH3 is 1. The van der Waals surface area contributed by atoms with Gasteiger partial charge in [0.1, 0.15) is 28.2 Å². The highest BCUT2D eigenvalue weighted by Crippen LogP contribution is 2.47. The minimum Gasteiger partial charge on any atom is -0.507 e. The van der Waals surface area contributed by atoms with E-state index in [9.17, 15) is 19.8 Å². The second-order valence-electron chi connectivity index (χ2n) is 7.63. The molecule has 4 aromatic rings. The predicted molar refractivity (Wildman–Crippen MR) is 121 cm³/mol. The molecule has 2 heterocycles. The third kappa shape index (κ3) is 3.47. The summed E-state index contributed by atoms with van der Waals surface area (Å²) in [6, 6.07) is 14.1. The van der Waals surface area contributed by atoms with Crippen LogP contribution in [-0.2, 0) is 4.79 Å². The first-order chi connectivity index (χ1) is 15.9. The molecule has 3 aromatic carbocycles. The number of esters is 1. The molecule has 33 heavy (non-hydrogen) atoms. The molecule has 1 aliphatic rings. The van der Waals surface area contributed by atoms with Gasteiger partial charge in [0.15, 0.2) is 16.9 Å². The monoisotopic (exact) mass is 464 g/mol. The number of hydrogen-bond donors (Lipinski definition) is 2. The van der Waals surface area contributed by atoms with Crippen LogP contribution in [0, 0.1) is 0 Å². The number of carbonyl (C=O) groups is 1. The first-order valence-electron chi connectivity index (χ1n) is 10.0. The maximum Gasteiger partial charge on any atom is 0.312 e. The van der Waals surface area contributed by atoms with E-state index in [-0.39, 0.29) is 46.1 Å². The van der Waals surface area contributed by atoms with Crippen LogP contribution in [0.4, 0.5) is 0 Å². The van der Waals surface area contributed by atoms with Gasteiger partial charge < -0.3 is 24.1 Å². The zero-order valence-corrected chi connectivity index (χ0v) is 18.1. The molecule has 1 atom stereocenters. The third-order valence-corrected chi connectivity index (χ3v) is 6.01. The number of hydrogen-bond acceptors (Lipinski definition) is 7. The van der Waals surface area contributed by atoms with Crippen molar-refractivity contribution in [2.24, 2.45) is 0 Å². The van der Waals surface area contributed by atoms with Crippen LogP contribution < -0.4 is 14.9 Å². The molecule has 1 aliphatic heterocycles. The van der Waals surface area contributed by atoms with Crippen molar-refractivity contribution in [1.82, 2.24) is 0 Å². The van der Waals surface area contributed by atoms with Crippen LogP contribution in [0.25, 0.3) is 22.3 Å². The van der Waals surface area contributed by atoms with E-state index in [4.69, 9.17) is 25.5 Å². The Kier molecular flexibility index (Phi) is 4.98. The van der Waals surface area contributed by atoms with E-state index in [1.54, 1.807) is 36.4 Å². The van der Waals surface area contributed by atoms with Gasteiger partial charge in [0.05, 0.1) is 13.5 Å². The van der Waals surface area contributed by atoms with Crippen molar-refractivity contribution < 1.29 is 28.9 Å². The number of halogens is 1. The minimum absolute atomic E-state index is 0.0200. The lowest BCUT2D eigenvalue weighted by Crippen LogP contribution is -2.22. The number of benzene rings is 3. The summed E-state index contributed by atoms with van der Waals surface area (Å²) in [5, 5.41) is 21.1. The molecular weight excluding hydrogens is 448 g/mol. The number of rotatable bonds is 3. The Morgan fingerprint density at radius 2 is 1.82 bits per heavy atom. The molecule has 8 heteroatoms. The maximum atomic E-state index is 13.0. The lowest BCUT2D eigenvalue weighted by atomic mass is 9.85. The first-order valence-corrected chi connectivity index (χ1v) is 10.4. The highest BCUT2D eigenvalue weighted by molar-refractivity contribution is 6.31. The van der Waals surface area contributed by atoms with E-state index in [0.29, 0.717) is 21.7 Å². The van der Waals surface area contributed by atoms with Gasteiger partial charge >= 0.3 is 5.97 Å². The van der Waals surface area contributed by atoms with Gasteiger partial charge in [-0.1, -0.05) is 29.8 Å². The molecule has 1 aromatic heterocycles. The number of ether oxygens (including phenoxy) is 2. The second kappa shape index (κ2) is 7.86. The zero-order chi connectivity index (χ0) is 23.3. The Bertz CT molecular complexity index is 1490. The summed E-state index contributed by atoms with van der Waals surface area (Å²) in [5.74, 6) is -1.02. The summed E-state index contributed by atoms with van der Waals surface area (Å²) in [6.07, 6.45) is -0.0200. The Morgan fingerprint density at radius 3 is 2.55 bits per heavy atom.